The van der Waals surface area contributed by atoms with Crippen LogP contribution < -0.4 is 0 Å². The highest BCUT2D eigenvalue weighted by atomic mass is 32.1. The van der Waals surface area contributed by atoms with E-state index in [2.05, 4.69) is 0 Å². The summed E-state index contributed by atoms with van der Waals surface area (Å²) in [6.45, 7) is 0. The van der Waals surface area contributed by atoms with Crippen molar-refractivity contribution >= 4 is 17.3 Å². The van der Waals surface area contributed by atoms with Gasteiger partial charge in [-0.1, -0.05) is 6.07 Å². The molecular weight excluding hydrogens is 188 g/mol. The molecule has 0 amide bonds. The highest BCUT2D eigenvalue weighted by Crippen LogP contribution is 2.23. The Morgan fingerprint density at radius 3 is 2.92 bits per heavy atom. The fourth-order valence-corrected chi connectivity index (χ4v) is 1.82. The largest absolute Gasteiger partial charge is 0.481 e. The minimum absolute atomic E-state index is 0.127. The van der Waals surface area contributed by atoms with E-state index in [1.807, 2.05) is 17.5 Å². The van der Waals surface area contributed by atoms with E-state index >= 15 is 0 Å². The van der Waals surface area contributed by atoms with Crippen molar-refractivity contribution < 1.29 is 15.0 Å². The summed E-state index contributed by atoms with van der Waals surface area (Å²) < 4.78 is 0. The van der Waals surface area contributed by atoms with Crippen molar-refractivity contribution in [2.75, 3.05) is 0 Å². The molecule has 13 heavy (non-hydrogen) atoms. The van der Waals surface area contributed by atoms with Gasteiger partial charge in [-0.05, 0) is 24.3 Å². The first-order chi connectivity index (χ1) is 6.20. The Kier molecular flexibility index (Phi) is 3.92. The summed E-state index contributed by atoms with van der Waals surface area (Å²) in [4.78, 5) is 11.1. The van der Waals surface area contributed by atoms with Crippen LogP contribution in [0, 0.1) is 0 Å². The van der Waals surface area contributed by atoms with Crippen LogP contribution in [0.3, 0.4) is 0 Å². The van der Waals surface area contributed by atoms with Gasteiger partial charge in [-0.3, -0.25) is 4.79 Å². The second-order valence-electron chi connectivity index (χ2n) is 2.82. The summed E-state index contributed by atoms with van der Waals surface area (Å²) in [7, 11) is 0. The van der Waals surface area contributed by atoms with Crippen LogP contribution >= 0.6 is 11.3 Å². The van der Waals surface area contributed by atoms with E-state index in [9.17, 15) is 9.90 Å². The fraction of sp³-hybridized carbons (Fsp3) is 0.444. The molecule has 1 aromatic heterocycles. The third-order valence-electron chi connectivity index (χ3n) is 1.74. The maximum absolute atomic E-state index is 10.2. The average Bonchev–Trinajstić information content (AvgIpc) is 2.55. The van der Waals surface area contributed by atoms with E-state index in [1.54, 1.807) is 0 Å². The molecule has 1 atom stereocenters. The van der Waals surface area contributed by atoms with Gasteiger partial charge < -0.3 is 10.2 Å². The molecule has 0 aliphatic heterocycles. The fourth-order valence-electron chi connectivity index (χ4n) is 1.07. The third kappa shape index (κ3) is 3.57. The molecule has 0 aliphatic rings. The Bertz CT molecular complexity index is 256. The number of thiophene rings is 1. The van der Waals surface area contributed by atoms with Gasteiger partial charge in [0.15, 0.2) is 0 Å². The van der Waals surface area contributed by atoms with Crippen molar-refractivity contribution in [3.63, 3.8) is 0 Å². The smallest absolute Gasteiger partial charge is 0.303 e. The molecule has 0 spiro atoms. The summed E-state index contributed by atoms with van der Waals surface area (Å²) in [6, 6.07) is 3.73. The number of rotatable bonds is 5. The van der Waals surface area contributed by atoms with Crippen LogP contribution in [0.1, 0.15) is 30.2 Å². The summed E-state index contributed by atoms with van der Waals surface area (Å²) >= 11 is 1.49. The lowest BCUT2D eigenvalue weighted by Crippen LogP contribution is -1.98. The molecule has 0 saturated carbocycles. The number of hydrogen-bond donors (Lipinski definition) is 2. The zero-order valence-electron chi connectivity index (χ0n) is 7.14. The Hall–Kier alpha value is -0.870. The first kappa shape index (κ1) is 10.2. The summed E-state index contributed by atoms with van der Waals surface area (Å²) in [6.07, 6.45) is 0.670. The molecule has 1 rings (SSSR count). The standard InChI is InChI=1S/C9H12O3S/c10-7(3-1-5-9(11)12)8-4-2-6-13-8/h2,4,6-7,10H,1,3,5H2,(H,11,12). The highest BCUT2D eigenvalue weighted by molar-refractivity contribution is 7.10. The molecule has 0 aliphatic carbocycles. The molecule has 0 bridgehead atoms. The van der Waals surface area contributed by atoms with Gasteiger partial charge in [-0.15, -0.1) is 11.3 Å². The minimum atomic E-state index is -0.807. The Balaban J connectivity index is 2.26. The lowest BCUT2D eigenvalue weighted by atomic mass is 10.1. The van der Waals surface area contributed by atoms with Gasteiger partial charge in [0.05, 0.1) is 6.10 Å². The number of aliphatic hydroxyl groups excluding tert-OH is 1. The van der Waals surface area contributed by atoms with E-state index in [0.717, 1.165) is 4.88 Å². The van der Waals surface area contributed by atoms with E-state index in [-0.39, 0.29) is 6.42 Å². The SMILES string of the molecule is O=C(O)CCCC(O)c1cccs1. The molecule has 1 heterocycles. The maximum atomic E-state index is 10.2. The minimum Gasteiger partial charge on any atom is -0.481 e. The van der Waals surface area contributed by atoms with Gasteiger partial charge in [0.2, 0.25) is 0 Å². The molecule has 3 nitrogen and oxygen atoms in total. The van der Waals surface area contributed by atoms with Crippen LogP contribution in [0.5, 0.6) is 0 Å². The van der Waals surface area contributed by atoms with Crippen LogP contribution in [-0.2, 0) is 4.79 Å². The highest BCUT2D eigenvalue weighted by Gasteiger charge is 2.08. The molecule has 0 fully saturated rings. The molecule has 1 unspecified atom stereocenters. The van der Waals surface area contributed by atoms with Gasteiger partial charge >= 0.3 is 5.97 Å². The lowest BCUT2D eigenvalue weighted by molar-refractivity contribution is -0.137. The monoisotopic (exact) mass is 200 g/mol. The van der Waals surface area contributed by atoms with Gasteiger partial charge in [0.1, 0.15) is 0 Å². The first-order valence-corrected chi connectivity index (χ1v) is 5.01. The molecule has 0 aromatic carbocycles. The van der Waals surface area contributed by atoms with E-state index in [4.69, 9.17) is 5.11 Å². The van der Waals surface area contributed by atoms with E-state index < -0.39 is 12.1 Å². The van der Waals surface area contributed by atoms with Crippen LogP contribution in [-0.4, -0.2) is 16.2 Å². The van der Waals surface area contributed by atoms with Gasteiger partial charge in [-0.25, -0.2) is 0 Å². The molecule has 0 radical (unpaired) electrons. The first-order valence-electron chi connectivity index (χ1n) is 4.13. The Labute approximate surface area is 80.6 Å². The van der Waals surface area contributed by atoms with E-state index in [0.29, 0.717) is 12.8 Å². The predicted molar refractivity (Wildman–Crippen MR) is 50.8 cm³/mol. The molecular formula is C9H12O3S. The number of aliphatic carboxylic acids is 1. The molecule has 2 N–H and O–H groups in total. The van der Waals surface area contributed by atoms with E-state index in [1.165, 1.54) is 11.3 Å². The van der Waals surface area contributed by atoms with Crippen LogP contribution in [0.25, 0.3) is 0 Å². The van der Waals surface area contributed by atoms with Gasteiger partial charge in [-0.2, -0.15) is 0 Å². The van der Waals surface area contributed by atoms with Gasteiger partial charge in [0, 0.05) is 11.3 Å². The molecule has 1 aromatic rings. The van der Waals surface area contributed by atoms with Crippen LogP contribution in [0.2, 0.25) is 0 Å². The predicted octanol–water partition coefficient (Wildman–Crippen LogP) is 2.04. The van der Waals surface area contributed by atoms with Crippen molar-refractivity contribution in [2.24, 2.45) is 0 Å². The van der Waals surface area contributed by atoms with Crippen molar-refractivity contribution in [3.05, 3.63) is 22.4 Å². The molecule has 0 saturated heterocycles. The third-order valence-corrected chi connectivity index (χ3v) is 2.71. The number of hydrogen-bond acceptors (Lipinski definition) is 3. The Morgan fingerprint density at radius 1 is 1.62 bits per heavy atom. The molecule has 72 valence electrons. The van der Waals surface area contributed by atoms with Crippen molar-refractivity contribution in [1.29, 1.82) is 0 Å². The van der Waals surface area contributed by atoms with Gasteiger partial charge in [0.25, 0.3) is 0 Å². The quantitative estimate of drug-likeness (QED) is 0.764. The second kappa shape index (κ2) is 4.99. The maximum Gasteiger partial charge on any atom is 0.303 e. The number of carboxylic acid groups (broad SMARTS) is 1. The zero-order valence-corrected chi connectivity index (χ0v) is 7.96. The number of carbonyl (C=O) groups is 1. The average molecular weight is 200 g/mol. The number of carboxylic acids is 1. The molecule has 4 heteroatoms. The van der Waals surface area contributed by atoms with Crippen LogP contribution in [0.4, 0.5) is 0 Å². The summed E-state index contributed by atoms with van der Waals surface area (Å²) in [5, 5.41) is 19.8. The Morgan fingerprint density at radius 2 is 2.38 bits per heavy atom. The number of aliphatic hydroxyl groups is 1. The van der Waals surface area contributed by atoms with Crippen molar-refractivity contribution in [2.45, 2.75) is 25.4 Å². The normalized spacial score (nSPS) is 12.7. The summed E-state index contributed by atoms with van der Waals surface area (Å²) in [5.41, 5.74) is 0. The second-order valence-corrected chi connectivity index (χ2v) is 3.80. The summed E-state index contributed by atoms with van der Waals surface area (Å²) in [5.74, 6) is -0.807. The van der Waals surface area contributed by atoms with Crippen molar-refractivity contribution in [3.8, 4) is 0 Å². The van der Waals surface area contributed by atoms with Crippen LogP contribution in [0.15, 0.2) is 17.5 Å². The topological polar surface area (TPSA) is 57.5 Å². The van der Waals surface area contributed by atoms with Crippen molar-refractivity contribution in [1.82, 2.24) is 0 Å². The lowest BCUT2D eigenvalue weighted by Gasteiger charge is -2.06. The zero-order chi connectivity index (χ0) is 9.68.